The van der Waals surface area contributed by atoms with E-state index in [0.717, 1.165) is 34.3 Å². The molecule has 1 heterocycles. The summed E-state index contributed by atoms with van der Waals surface area (Å²) >= 11 is 0. The minimum absolute atomic E-state index is 0.0539. The van der Waals surface area contributed by atoms with E-state index in [1.807, 2.05) is 79.8 Å². The Balaban J connectivity index is 1.33. The van der Waals surface area contributed by atoms with Gasteiger partial charge in [-0.25, -0.2) is 0 Å². The summed E-state index contributed by atoms with van der Waals surface area (Å²) in [5.41, 5.74) is 5.09. The van der Waals surface area contributed by atoms with Gasteiger partial charge in [0, 0.05) is 55.1 Å². The smallest absolute Gasteiger partial charge is 0.251 e. The Labute approximate surface area is 182 Å². The first-order valence-corrected chi connectivity index (χ1v) is 10.4. The molecule has 0 spiro atoms. The Morgan fingerprint density at radius 3 is 2.52 bits per heavy atom. The van der Waals surface area contributed by atoms with Crippen molar-refractivity contribution in [3.63, 3.8) is 0 Å². The summed E-state index contributed by atoms with van der Waals surface area (Å²) in [6.45, 7) is 1.12. The Morgan fingerprint density at radius 2 is 1.77 bits per heavy atom. The number of anilines is 1. The fraction of sp³-hybridized carbons (Fsp3) is 0.192. The molecule has 0 unspecified atom stereocenters. The second kappa shape index (κ2) is 9.39. The molecule has 3 aromatic carbocycles. The number of nitrogens with one attached hydrogen (secondary N) is 2. The van der Waals surface area contributed by atoms with Crippen LogP contribution < -0.4 is 15.0 Å². The maximum Gasteiger partial charge on any atom is 0.251 e. The monoisotopic (exact) mass is 413 g/mol. The highest BCUT2D eigenvalue weighted by atomic mass is 16.5. The Hall–Kier alpha value is -3.73. The van der Waals surface area contributed by atoms with Crippen molar-refractivity contribution in [2.45, 2.75) is 13.0 Å². The molecule has 0 fully saturated rings. The standard InChI is InChI=1S/C26H27N3O2/c1-29(2)22-10-8-20(9-11-22)26(30)27-15-14-21-17-28-25-16-23(12-13-24(21)25)31-18-19-6-4-3-5-7-19/h3-13,16-17,28H,14-15,18H2,1-2H3,(H,27,30). The van der Waals surface area contributed by atoms with E-state index >= 15 is 0 Å². The SMILES string of the molecule is CN(C)c1ccc(C(=O)NCCc2c[nH]c3cc(OCc4ccccc4)ccc23)cc1. The van der Waals surface area contributed by atoms with Crippen LogP contribution in [0.4, 0.5) is 5.69 Å². The van der Waals surface area contributed by atoms with Gasteiger partial charge in [-0.1, -0.05) is 30.3 Å². The van der Waals surface area contributed by atoms with Crippen LogP contribution in [-0.4, -0.2) is 31.5 Å². The van der Waals surface area contributed by atoms with E-state index in [1.54, 1.807) is 0 Å². The number of aromatic nitrogens is 1. The van der Waals surface area contributed by atoms with Crippen molar-refractivity contribution >= 4 is 22.5 Å². The molecule has 0 aliphatic rings. The van der Waals surface area contributed by atoms with Gasteiger partial charge in [0.1, 0.15) is 12.4 Å². The number of fused-ring (bicyclic) bond motifs is 1. The van der Waals surface area contributed by atoms with Crippen LogP contribution in [0, 0.1) is 0 Å². The number of hydrogen-bond acceptors (Lipinski definition) is 3. The van der Waals surface area contributed by atoms with Gasteiger partial charge in [-0.15, -0.1) is 0 Å². The van der Waals surface area contributed by atoms with E-state index in [0.29, 0.717) is 18.7 Å². The van der Waals surface area contributed by atoms with Crippen molar-refractivity contribution in [3.05, 3.63) is 95.7 Å². The molecule has 0 aliphatic carbocycles. The number of amides is 1. The third-order valence-electron chi connectivity index (χ3n) is 5.31. The average molecular weight is 414 g/mol. The van der Waals surface area contributed by atoms with Gasteiger partial charge in [-0.05, 0) is 53.9 Å². The lowest BCUT2D eigenvalue weighted by molar-refractivity contribution is 0.0954. The molecular formula is C26H27N3O2. The molecule has 0 atom stereocenters. The quantitative estimate of drug-likeness (QED) is 0.437. The summed E-state index contributed by atoms with van der Waals surface area (Å²) in [6.07, 6.45) is 2.76. The van der Waals surface area contributed by atoms with Crippen molar-refractivity contribution in [3.8, 4) is 5.75 Å². The van der Waals surface area contributed by atoms with Gasteiger partial charge < -0.3 is 19.9 Å². The van der Waals surface area contributed by atoms with Crippen LogP contribution in [0.5, 0.6) is 5.75 Å². The Bertz CT molecular complexity index is 1150. The van der Waals surface area contributed by atoms with Crippen LogP contribution in [0.25, 0.3) is 10.9 Å². The van der Waals surface area contributed by atoms with E-state index in [-0.39, 0.29) is 5.91 Å². The number of ether oxygens (including phenoxy) is 1. The van der Waals surface area contributed by atoms with Gasteiger partial charge >= 0.3 is 0 Å². The lowest BCUT2D eigenvalue weighted by Crippen LogP contribution is -2.25. The van der Waals surface area contributed by atoms with Crippen LogP contribution in [0.2, 0.25) is 0 Å². The topological polar surface area (TPSA) is 57.4 Å². The molecule has 0 saturated heterocycles. The van der Waals surface area contributed by atoms with Crippen molar-refractivity contribution in [1.29, 1.82) is 0 Å². The summed E-state index contributed by atoms with van der Waals surface area (Å²) in [4.78, 5) is 17.7. The van der Waals surface area contributed by atoms with Gasteiger partial charge in [-0.2, -0.15) is 0 Å². The highest BCUT2D eigenvalue weighted by Gasteiger charge is 2.08. The number of aromatic amines is 1. The second-order valence-electron chi connectivity index (χ2n) is 7.74. The fourth-order valence-corrected chi connectivity index (χ4v) is 3.53. The lowest BCUT2D eigenvalue weighted by Gasteiger charge is -2.12. The normalized spacial score (nSPS) is 10.8. The van der Waals surface area contributed by atoms with E-state index in [1.165, 1.54) is 5.56 Å². The van der Waals surface area contributed by atoms with E-state index in [9.17, 15) is 4.79 Å². The van der Waals surface area contributed by atoms with Crippen LogP contribution in [0.15, 0.2) is 79.0 Å². The first-order chi connectivity index (χ1) is 15.1. The Kier molecular flexibility index (Phi) is 6.22. The summed E-state index contributed by atoms with van der Waals surface area (Å²) in [6, 6.07) is 23.8. The molecular weight excluding hydrogens is 386 g/mol. The minimum atomic E-state index is -0.0539. The van der Waals surface area contributed by atoms with Gasteiger partial charge in [-0.3, -0.25) is 4.79 Å². The van der Waals surface area contributed by atoms with Crippen molar-refractivity contribution in [1.82, 2.24) is 10.3 Å². The van der Waals surface area contributed by atoms with Crippen molar-refractivity contribution in [2.24, 2.45) is 0 Å². The number of benzene rings is 3. The molecule has 1 aromatic heterocycles. The number of hydrogen-bond donors (Lipinski definition) is 2. The highest BCUT2D eigenvalue weighted by molar-refractivity contribution is 5.94. The van der Waals surface area contributed by atoms with Crippen LogP contribution in [0.1, 0.15) is 21.5 Å². The summed E-state index contributed by atoms with van der Waals surface area (Å²) in [5.74, 6) is 0.779. The number of rotatable bonds is 8. The zero-order valence-corrected chi connectivity index (χ0v) is 17.9. The first kappa shape index (κ1) is 20.5. The Morgan fingerprint density at radius 1 is 1.00 bits per heavy atom. The molecule has 1 amide bonds. The molecule has 0 radical (unpaired) electrons. The summed E-state index contributed by atoms with van der Waals surface area (Å²) < 4.78 is 5.91. The molecule has 0 bridgehead atoms. The maximum absolute atomic E-state index is 12.4. The third-order valence-corrected chi connectivity index (χ3v) is 5.31. The molecule has 31 heavy (non-hydrogen) atoms. The molecule has 5 nitrogen and oxygen atoms in total. The van der Waals surface area contributed by atoms with Gasteiger partial charge in [0.15, 0.2) is 0 Å². The molecule has 0 saturated carbocycles. The fourth-order valence-electron chi connectivity index (χ4n) is 3.53. The molecule has 2 N–H and O–H groups in total. The zero-order valence-electron chi connectivity index (χ0n) is 17.9. The van der Waals surface area contributed by atoms with E-state index in [4.69, 9.17) is 4.74 Å². The van der Waals surface area contributed by atoms with Gasteiger partial charge in [0.25, 0.3) is 5.91 Å². The summed E-state index contributed by atoms with van der Waals surface area (Å²) in [5, 5.41) is 4.16. The third kappa shape index (κ3) is 5.07. The van der Waals surface area contributed by atoms with Crippen LogP contribution in [0.3, 0.4) is 0 Å². The minimum Gasteiger partial charge on any atom is -0.489 e. The predicted octanol–water partition coefficient (Wildman–Crippen LogP) is 4.79. The molecule has 4 rings (SSSR count). The number of H-pyrrole nitrogens is 1. The van der Waals surface area contributed by atoms with Crippen LogP contribution >= 0.6 is 0 Å². The summed E-state index contributed by atoms with van der Waals surface area (Å²) in [7, 11) is 3.96. The zero-order chi connectivity index (χ0) is 21.6. The van der Waals surface area contributed by atoms with Crippen LogP contribution in [-0.2, 0) is 13.0 Å². The molecule has 0 aliphatic heterocycles. The molecule has 158 valence electrons. The number of carbonyl (C=O) groups is 1. The lowest BCUT2D eigenvalue weighted by atomic mass is 10.1. The first-order valence-electron chi connectivity index (χ1n) is 10.4. The second-order valence-corrected chi connectivity index (χ2v) is 7.74. The van der Waals surface area contributed by atoms with Crippen molar-refractivity contribution in [2.75, 3.05) is 25.5 Å². The van der Waals surface area contributed by atoms with Crippen molar-refractivity contribution < 1.29 is 9.53 Å². The van der Waals surface area contributed by atoms with Gasteiger partial charge in [0.2, 0.25) is 0 Å². The molecule has 4 aromatic rings. The maximum atomic E-state index is 12.4. The number of nitrogens with zero attached hydrogens (tertiary/aromatic N) is 1. The largest absolute Gasteiger partial charge is 0.489 e. The average Bonchev–Trinajstić information content (AvgIpc) is 3.20. The number of carbonyl (C=O) groups excluding carboxylic acids is 1. The van der Waals surface area contributed by atoms with Gasteiger partial charge in [0.05, 0.1) is 0 Å². The molecule has 5 heteroatoms. The predicted molar refractivity (Wildman–Crippen MR) is 126 cm³/mol. The van der Waals surface area contributed by atoms with E-state index < -0.39 is 0 Å². The van der Waals surface area contributed by atoms with E-state index in [2.05, 4.69) is 28.5 Å². The highest BCUT2D eigenvalue weighted by Crippen LogP contribution is 2.24.